The van der Waals surface area contributed by atoms with Gasteiger partial charge in [-0.2, -0.15) is 5.10 Å². The van der Waals surface area contributed by atoms with Crippen LogP contribution >= 0.6 is 23.4 Å². The summed E-state index contributed by atoms with van der Waals surface area (Å²) in [7, 11) is 0. The number of carbonyl (C=O) groups is 1. The van der Waals surface area contributed by atoms with Gasteiger partial charge in [0.2, 0.25) is 0 Å². The van der Waals surface area contributed by atoms with Crippen LogP contribution in [-0.4, -0.2) is 28.9 Å². The Morgan fingerprint density at radius 1 is 1.14 bits per heavy atom. The molecule has 1 aliphatic heterocycles. The molecule has 0 N–H and O–H groups in total. The van der Waals surface area contributed by atoms with E-state index in [1.165, 1.54) is 11.8 Å². The molecular formula is C17H15ClN2OS. The molecule has 2 aromatic carbocycles. The summed E-state index contributed by atoms with van der Waals surface area (Å²) in [6.45, 7) is 0.657. The average molecular weight is 331 g/mol. The number of rotatable bonds is 4. The van der Waals surface area contributed by atoms with Gasteiger partial charge in [-0.15, -0.1) is 11.8 Å². The Labute approximate surface area is 139 Å². The second-order valence-electron chi connectivity index (χ2n) is 4.92. The molecular weight excluding hydrogens is 316 g/mol. The molecule has 0 atom stereocenters. The Morgan fingerprint density at radius 2 is 1.86 bits per heavy atom. The number of benzene rings is 2. The van der Waals surface area contributed by atoms with Crippen molar-refractivity contribution in [2.75, 3.05) is 12.3 Å². The Hall–Kier alpha value is -1.78. The molecule has 1 aliphatic rings. The van der Waals surface area contributed by atoms with E-state index < -0.39 is 0 Å². The van der Waals surface area contributed by atoms with Crippen molar-refractivity contribution >= 4 is 35.0 Å². The van der Waals surface area contributed by atoms with Crippen molar-refractivity contribution in [1.29, 1.82) is 0 Å². The summed E-state index contributed by atoms with van der Waals surface area (Å²) >= 11 is 7.35. The number of hydrogen-bond donors (Lipinski definition) is 0. The highest BCUT2D eigenvalue weighted by Gasteiger charge is 2.21. The van der Waals surface area contributed by atoms with Gasteiger partial charge in [-0.25, -0.2) is 5.01 Å². The van der Waals surface area contributed by atoms with Crippen molar-refractivity contribution < 1.29 is 4.79 Å². The van der Waals surface area contributed by atoms with Crippen LogP contribution in [0.25, 0.3) is 0 Å². The Morgan fingerprint density at radius 3 is 2.59 bits per heavy atom. The van der Waals surface area contributed by atoms with Crippen LogP contribution in [0.4, 0.5) is 0 Å². The maximum Gasteiger partial charge on any atom is 0.253 e. The van der Waals surface area contributed by atoms with Crippen molar-refractivity contribution in [3.8, 4) is 0 Å². The lowest BCUT2D eigenvalue weighted by atomic mass is 10.1. The predicted molar refractivity (Wildman–Crippen MR) is 91.5 cm³/mol. The van der Waals surface area contributed by atoms with Crippen LogP contribution in [-0.2, 0) is 4.79 Å². The van der Waals surface area contributed by atoms with Crippen LogP contribution in [0.1, 0.15) is 12.0 Å². The number of carbonyl (C=O) groups excluding carboxylic acids is 1. The van der Waals surface area contributed by atoms with Crippen LogP contribution in [0.2, 0.25) is 5.02 Å². The lowest BCUT2D eigenvalue weighted by molar-refractivity contribution is -0.127. The second-order valence-corrected chi connectivity index (χ2v) is 6.41. The Kier molecular flexibility index (Phi) is 4.80. The van der Waals surface area contributed by atoms with E-state index in [0.717, 1.165) is 22.6 Å². The molecule has 0 unspecified atom stereocenters. The van der Waals surface area contributed by atoms with Gasteiger partial charge >= 0.3 is 0 Å². The van der Waals surface area contributed by atoms with Gasteiger partial charge in [0.15, 0.2) is 0 Å². The van der Waals surface area contributed by atoms with Crippen LogP contribution in [0.3, 0.4) is 0 Å². The molecule has 5 heteroatoms. The van der Waals surface area contributed by atoms with Crippen molar-refractivity contribution in [1.82, 2.24) is 5.01 Å². The van der Waals surface area contributed by atoms with E-state index in [0.29, 0.717) is 17.3 Å². The number of hydrazone groups is 1. The normalized spacial score (nSPS) is 14.0. The first-order valence-electron chi connectivity index (χ1n) is 7.04. The van der Waals surface area contributed by atoms with Crippen LogP contribution in [0, 0.1) is 0 Å². The largest absolute Gasteiger partial charge is 0.272 e. The summed E-state index contributed by atoms with van der Waals surface area (Å²) in [5.74, 6) is 0.415. The maximum absolute atomic E-state index is 12.2. The number of amides is 1. The minimum atomic E-state index is 0.0332. The van der Waals surface area contributed by atoms with Crippen LogP contribution in [0.15, 0.2) is 64.6 Å². The van der Waals surface area contributed by atoms with Crippen molar-refractivity contribution in [2.24, 2.45) is 5.10 Å². The van der Waals surface area contributed by atoms with Crippen molar-refractivity contribution in [2.45, 2.75) is 11.3 Å². The molecule has 2 aromatic rings. The van der Waals surface area contributed by atoms with Gasteiger partial charge in [0, 0.05) is 16.3 Å². The number of halogens is 1. The van der Waals surface area contributed by atoms with E-state index in [2.05, 4.69) is 5.10 Å². The van der Waals surface area contributed by atoms with Crippen LogP contribution < -0.4 is 0 Å². The van der Waals surface area contributed by atoms with Crippen LogP contribution in [0.5, 0.6) is 0 Å². The summed E-state index contributed by atoms with van der Waals surface area (Å²) in [4.78, 5) is 13.3. The van der Waals surface area contributed by atoms with Gasteiger partial charge in [0.05, 0.1) is 18.0 Å². The average Bonchev–Trinajstić information content (AvgIpc) is 3.05. The molecule has 3 nitrogen and oxygen atoms in total. The SMILES string of the molecule is O=C(CSc1ccc(Cl)cc1)N1CCC(c2ccccc2)=N1. The van der Waals surface area contributed by atoms with Gasteiger partial charge in [0.25, 0.3) is 5.91 Å². The fourth-order valence-corrected chi connectivity index (χ4v) is 3.11. The smallest absolute Gasteiger partial charge is 0.253 e. The van der Waals surface area contributed by atoms with E-state index in [1.54, 1.807) is 5.01 Å². The van der Waals surface area contributed by atoms with Gasteiger partial charge in [-0.05, 0) is 29.8 Å². The zero-order valence-electron chi connectivity index (χ0n) is 11.9. The first kappa shape index (κ1) is 15.1. The van der Waals surface area contributed by atoms with Gasteiger partial charge < -0.3 is 0 Å². The molecule has 0 aliphatic carbocycles. The van der Waals surface area contributed by atoms with Gasteiger partial charge in [-0.1, -0.05) is 41.9 Å². The first-order chi connectivity index (χ1) is 10.7. The summed E-state index contributed by atoms with van der Waals surface area (Å²) in [5, 5.41) is 6.73. The maximum atomic E-state index is 12.2. The molecule has 0 spiro atoms. The topological polar surface area (TPSA) is 32.7 Å². The van der Waals surface area contributed by atoms with Crippen molar-refractivity contribution in [3.63, 3.8) is 0 Å². The van der Waals surface area contributed by atoms with E-state index in [4.69, 9.17) is 11.6 Å². The molecule has 1 heterocycles. The Balaban J connectivity index is 1.59. The van der Waals surface area contributed by atoms with Crippen molar-refractivity contribution in [3.05, 3.63) is 65.2 Å². The molecule has 112 valence electrons. The second kappa shape index (κ2) is 6.99. The number of nitrogens with zero attached hydrogens (tertiary/aromatic N) is 2. The number of hydrogen-bond acceptors (Lipinski definition) is 3. The van der Waals surface area contributed by atoms with E-state index in [9.17, 15) is 4.79 Å². The highest BCUT2D eigenvalue weighted by molar-refractivity contribution is 8.00. The number of thioether (sulfide) groups is 1. The molecule has 0 fully saturated rings. The van der Waals surface area contributed by atoms with Gasteiger partial charge in [-0.3, -0.25) is 4.79 Å². The predicted octanol–water partition coefficient (Wildman–Crippen LogP) is 4.07. The standard InChI is InChI=1S/C17H15ClN2OS/c18-14-6-8-15(9-7-14)22-12-17(21)20-11-10-16(19-20)13-4-2-1-3-5-13/h1-9H,10-12H2. The highest BCUT2D eigenvalue weighted by atomic mass is 35.5. The monoisotopic (exact) mass is 330 g/mol. The molecule has 1 amide bonds. The summed E-state index contributed by atoms with van der Waals surface area (Å²) < 4.78 is 0. The third-order valence-corrected chi connectivity index (χ3v) is 4.62. The summed E-state index contributed by atoms with van der Waals surface area (Å²) in [6.07, 6.45) is 0.807. The fraction of sp³-hybridized carbons (Fsp3) is 0.176. The minimum absolute atomic E-state index is 0.0332. The lowest BCUT2D eigenvalue weighted by Crippen LogP contribution is -2.25. The quantitative estimate of drug-likeness (QED) is 0.792. The third-order valence-electron chi connectivity index (χ3n) is 3.37. The molecule has 0 radical (unpaired) electrons. The molecule has 0 aromatic heterocycles. The van der Waals surface area contributed by atoms with E-state index >= 15 is 0 Å². The first-order valence-corrected chi connectivity index (χ1v) is 8.40. The lowest BCUT2D eigenvalue weighted by Gasteiger charge is -2.10. The zero-order chi connectivity index (χ0) is 15.4. The highest BCUT2D eigenvalue weighted by Crippen LogP contribution is 2.22. The molecule has 0 saturated carbocycles. The minimum Gasteiger partial charge on any atom is -0.272 e. The van der Waals surface area contributed by atoms with Gasteiger partial charge in [0.1, 0.15) is 0 Å². The fourth-order valence-electron chi connectivity index (χ4n) is 2.22. The molecule has 3 rings (SSSR count). The van der Waals surface area contributed by atoms with E-state index in [-0.39, 0.29) is 5.91 Å². The third kappa shape index (κ3) is 3.70. The Bertz CT molecular complexity index is 686. The molecule has 0 bridgehead atoms. The zero-order valence-corrected chi connectivity index (χ0v) is 13.5. The summed E-state index contributed by atoms with van der Waals surface area (Å²) in [6, 6.07) is 17.5. The molecule has 22 heavy (non-hydrogen) atoms. The summed E-state index contributed by atoms with van der Waals surface area (Å²) in [5.41, 5.74) is 2.06. The van der Waals surface area contributed by atoms with E-state index in [1.807, 2.05) is 54.6 Å². The molecule has 0 saturated heterocycles.